The molecule has 1 aromatic rings. The number of likely N-dealkylation sites (tertiary alicyclic amines) is 2. The van der Waals surface area contributed by atoms with Crippen LogP contribution in [0.15, 0.2) is 5.16 Å². The Morgan fingerprint density at radius 1 is 1.27 bits per heavy atom. The number of piperidine rings is 1. The topological polar surface area (TPSA) is 67.2 Å². The van der Waals surface area contributed by atoms with Gasteiger partial charge < -0.3 is 4.90 Å². The van der Waals surface area contributed by atoms with E-state index >= 15 is 0 Å². The van der Waals surface area contributed by atoms with Crippen molar-refractivity contribution in [1.82, 2.24) is 30.0 Å². The minimum Gasteiger partial charge on any atom is -0.341 e. The summed E-state index contributed by atoms with van der Waals surface area (Å²) in [5.41, 5.74) is 0. The molecule has 2 saturated heterocycles. The average Bonchev–Trinajstić information content (AvgIpc) is 3.20. The second-order valence-corrected chi connectivity index (χ2v) is 7.12. The molecule has 1 aromatic heterocycles. The van der Waals surface area contributed by atoms with Gasteiger partial charge in [0.2, 0.25) is 11.1 Å². The third-order valence-electron chi connectivity index (χ3n) is 4.53. The summed E-state index contributed by atoms with van der Waals surface area (Å²) in [5, 5.41) is 12.1. The van der Waals surface area contributed by atoms with Gasteiger partial charge in [0.15, 0.2) is 0 Å². The van der Waals surface area contributed by atoms with Gasteiger partial charge in [-0.15, -0.1) is 5.10 Å². The van der Waals surface area contributed by atoms with Gasteiger partial charge in [-0.1, -0.05) is 11.8 Å². The van der Waals surface area contributed by atoms with Crippen molar-refractivity contribution < 1.29 is 4.79 Å². The lowest BCUT2D eigenvalue weighted by Gasteiger charge is -2.37. The Morgan fingerprint density at radius 3 is 2.82 bits per heavy atom. The van der Waals surface area contributed by atoms with Crippen LogP contribution in [0, 0.1) is 0 Å². The SMILES string of the molecule is Cn1nnnc1SCCC(=O)N1CCCC(N2CCCC2)C1. The van der Waals surface area contributed by atoms with Crippen molar-refractivity contribution in [3.8, 4) is 0 Å². The Bertz CT molecular complexity index is 501. The van der Waals surface area contributed by atoms with Gasteiger partial charge in [-0.05, 0) is 49.2 Å². The molecule has 2 aliphatic heterocycles. The molecule has 2 aliphatic rings. The zero-order valence-electron chi connectivity index (χ0n) is 13.1. The first-order valence-electron chi connectivity index (χ1n) is 8.11. The van der Waals surface area contributed by atoms with E-state index in [1.165, 1.54) is 32.4 Å². The van der Waals surface area contributed by atoms with Crippen molar-refractivity contribution in [2.24, 2.45) is 7.05 Å². The summed E-state index contributed by atoms with van der Waals surface area (Å²) in [5.74, 6) is 1.00. The van der Waals surface area contributed by atoms with Crippen molar-refractivity contribution in [2.75, 3.05) is 31.9 Å². The number of nitrogens with zero attached hydrogens (tertiary/aromatic N) is 6. The fourth-order valence-corrected chi connectivity index (χ4v) is 4.09. The molecule has 2 fully saturated rings. The summed E-state index contributed by atoms with van der Waals surface area (Å²) in [4.78, 5) is 17.0. The standard InChI is InChI=1S/C14H24N6OS/c1-18-14(15-16-17-18)22-10-6-13(21)20-9-4-5-12(11-20)19-7-2-3-8-19/h12H,2-11H2,1H3. The number of hydrogen-bond donors (Lipinski definition) is 0. The van der Waals surface area contributed by atoms with Gasteiger partial charge in [-0.3, -0.25) is 9.69 Å². The molecule has 122 valence electrons. The van der Waals surface area contributed by atoms with Crippen molar-refractivity contribution in [3.05, 3.63) is 0 Å². The molecule has 0 aromatic carbocycles. The summed E-state index contributed by atoms with van der Waals surface area (Å²) in [6.07, 6.45) is 5.56. The van der Waals surface area contributed by atoms with Gasteiger partial charge in [0, 0.05) is 38.4 Å². The highest BCUT2D eigenvalue weighted by Crippen LogP contribution is 2.21. The monoisotopic (exact) mass is 324 g/mol. The van der Waals surface area contributed by atoms with Crippen LogP contribution >= 0.6 is 11.8 Å². The van der Waals surface area contributed by atoms with E-state index in [-0.39, 0.29) is 5.91 Å². The second-order valence-electron chi connectivity index (χ2n) is 6.06. The van der Waals surface area contributed by atoms with Crippen molar-refractivity contribution in [3.63, 3.8) is 0 Å². The van der Waals surface area contributed by atoms with Gasteiger partial charge >= 0.3 is 0 Å². The first-order valence-corrected chi connectivity index (χ1v) is 9.09. The van der Waals surface area contributed by atoms with Gasteiger partial charge in [0.25, 0.3) is 0 Å². The minimum absolute atomic E-state index is 0.270. The molecule has 3 rings (SSSR count). The largest absolute Gasteiger partial charge is 0.341 e. The molecular weight excluding hydrogens is 300 g/mol. The molecule has 0 spiro atoms. The summed E-state index contributed by atoms with van der Waals surface area (Å²) in [6.45, 7) is 4.25. The molecule has 0 aliphatic carbocycles. The molecule has 1 amide bonds. The van der Waals surface area contributed by atoms with Crippen molar-refractivity contribution >= 4 is 17.7 Å². The Morgan fingerprint density at radius 2 is 2.09 bits per heavy atom. The Balaban J connectivity index is 1.44. The summed E-state index contributed by atoms with van der Waals surface area (Å²) in [7, 11) is 1.81. The van der Waals surface area contributed by atoms with Gasteiger partial charge in [-0.2, -0.15) is 0 Å². The Kier molecular flexibility index (Phi) is 5.30. The fraction of sp³-hybridized carbons (Fsp3) is 0.857. The first kappa shape index (κ1) is 15.7. The van der Waals surface area contributed by atoms with Crippen LogP contribution in [-0.2, 0) is 11.8 Å². The number of tetrazole rings is 1. The van der Waals surface area contributed by atoms with Crippen LogP contribution in [0.25, 0.3) is 0 Å². The number of carbonyl (C=O) groups excluding carboxylic acids is 1. The van der Waals surface area contributed by atoms with E-state index in [4.69, 9.17) is 0 Å². The fourth-order valence-electron chi connectivity index (χ4n) is 3.32. The maximum atomic E-state index is 12.4. The van der Waals surface area contributed by atoms with Crippen LogP contribution in [0.4, 0.5) is 0 Å². The minimum atomic E-state index is 0.270. The lowest BCUT2D eigenvalue weighted by molar-refractivity contribution is -0.132. The molecule has 3 heterocycles. The van der Waals surface area contributed by atoms with Crippen molar-refractivity contribution in [2.45, 2.75) is 43.3 Å². The van der Waals surface area contributed by atoms with Gasteiger partial charge in [-0.25, -0.2) is 4.68 Å². The normalized spacial score (nSPS) is 23.1. The van der Waals surface area contributed by atoms with E-state index in [0.717, 1.165) is 30.4 Å². The van der Waals surface area contributed by atoms with Crippen LogP contribution in [0.5, 0.6) is 0 Å². The van der Waals surface area contributed by atoms with E-state index in [1.807, 2.05) is 7.05 Å². The van der Waals surface area contributed by atoms with E-state index < -0.39 is 0 Å². The number of aromatic nitrogens is 4. The first-order chi connectivity index (χ1) is 10.7. The molecule has 0 radical (unpaired) electrons. The van der Waals surface area contributed by atoms with Crippen LogP contribution in [0.3, 0.4) is 0 Å². The quantitative estimate of drug-likeness (QED) is 0.746. The number of amides is 1. The lowest BCUT2D eigenvalue weighted by Crippen LogP contribution is -2.49. The van der Waals surface area contributed by atoms with E-state index in [9.17, 15) is 4.79 Å². The molecule has 1 atom stereocenters. The predicted molar refractivity (Wildman–Crippen MR) is 84.5 cm³/mol. The van der Waals surface area contributed by atoms with E-state index in [0.29, 0.717) is 12.5 Å². The summed E-state index contributed by atoms with van der Waals surface area (Å²) >= 11 is 1.54. The zero-order chi connectivity index (χ0) is 15.4. The second kappa shape index (κ2) is 7.41. The number of thioether (sulfide) groups is 1. The summed E-state index contributed by atoms with van der Waals surface area (Å²) < 4.78 is 1.64. The Hall–Kier alpha value is -1.15. The third kappa shape index (κ3) is 3.78. The van der Waals surface area contributed by atoms with Crippen molar-refractivity contribution in [1.29, 1.82) is 0 Å². The number of hydrogen-bond acceptors (Lipinski definition) is 6. The highest BCUT2D eigenvalue weighted by molar-refractivity contribution is 7.99. The maximum absolute atomic E-state index is 12.4. The molecular formula is C14H24N6OS. The molecule has 0 N–H and O–H groups in total. The molecule has 0 bridgehead atoms. The van der Waals surface area contributed by atoms with Crippen LogP contribution in [0.2, 0.25) is 0 Å². The van der Waals surface area contributed by atoms with Crippen LogP contribution in [-0.4, -0.2) is 73.9 Å². The smallest absolute Gasteiger partial charge is 0.223 e. The molecule has 1 unspecified atom stereocenters. The highest BCUT2D eigenvalue weighted by Gasteiger charge is 2.28. The zero-order valence-corrected chi connectivity index (χ0v) is 14.0. The molecule has 0 saturated carbocycles. The predicted octanol–water partition coefficient (Wildman–Crippen LogP) is 0.779. The average molecular weight is 324 g/mol. The number of rotatable bonds is 5. The van der Waals surface area contributed by atoms with E-state index in [1.54, 1.807) is 16.4 Å². The lowest BCUT2D eigenvalue weighted by atomic mass is 10.0. The highest BCUT2D eigenvalue weighted by atomic mass is 32.2. The maximum Gasteiger partial charge on any atom is 0.223 e. The Labute approximate surface area is 135 Å². The molecule has 8 heteroatoms. The molecule has 7 nitrogen and oxygen atoms in total. The summed E-state index contributed by atoms with van der Waals surface area (Å²) in [6, 6.07) is 0.579. The molecule has 22 heavy (non-hydrogen) atoms. The van der Waals surface area contributed by atoms with Crippen LogP contribution in [0.1, 0.15) is 32.1 Å². The van der Waals surface area contributed by atoms with Gasteiger partial charge in [0.1, 0.15) is 0 Å². The van der Waals surface area contributed by atoms with E-state index in [2.05, 4.69) is 25.3 Å². The van der Waals surface area contributed by atoms with Gasteiger partial charge in [0.05, 0.1) is 0 Å². The van der Waals surface area contributed by atoms with Crippen LogP contribution < -0.4 is 0 Å². The third-order valence-corrected chi connectivity index (χ3v) is 5.55. The number of aryl methyl sites for hydroxylation is 1. The number of carbonyl (C=O) groups is 1.